The lowest BCUT2D eigenvalue weighted by Crippen LogP contribution is -2.41. The molecule has 2 aliphatic heterocycles. The molecule has 10 nitrogen and oxygen atoms in total. The van der Waals surface area contributed by atoms with E-state index in [9.17, 15) is 10.1 Å². The molecule has 0 spiro atoms. The van der Waals surface area contributed by atoms with Gasteiger partial charge in [0, 0.05) is 30.8 Å². The molecule has 208 valence electrons. The molecule has 4 aromatic rings. The third kappa shape index (κ3) is 5.34. The monoisotopic (exact) mass is 552 g/mol. The topological polar surface area (TPSA) is 135 Å². The Hall–Kier alpha value is -4.82. The molecule has 6 rings (SSSR count). The number of piperidine rings is 1. The molecular weight excluding hydrogens is 523 g/mol. The Labute approximate surface area is 236 Å². The zero-order valence-electron chi connectivity index (χ0n) is 22.3. The molecule has 1 amide bonds. The molecule has 3 N–H and O–H groups in total. The first-order valence-corrected chi connectivity index (χ1v) is 13.7. The van der Waals surface area contributed by atoms with Gasteiger partial charge in [-0.25, -0.2) is 19.0 Å². The predicted octanol–water partition coefficient (Wildman–Crippen LogP) is 4.37. The highest BCUT2D eigenvalue weighted by Gasteiger charge is 2.31. The second kappa shape index (κ2) is 11.3. The largest absolute Gasteiger partial charge is 0.457 e. The number of fused-ring (bicyclic) bond motifs is 1. The summed E-state index contributed by atoms with van der Waals surface area (Å²) < 4.78 is 23.0. The Morgan fingerprint density at radius 2 is 2.00 bits per heavy atom. The number of hydrogen-bond donors (Lipinski definition) is 2. The fourth-order valence-electron chi connectivity index (χ4n) is 5.54. The number of hydrogen-bond acceptors (Lipinski definition) is 8. The molecule has 2 fully saturated rings. The molecule has 4 heterocycles. The van der Waals surface area contributed by atoms with Crippen molar-refractivity contribution < 1.29 is 13.9 Å². The van der Waals surface area contributed by atoms with Crippen LogP contribution in [0.4, 0.5) is 10.2 Å². The maximum Gasteiger partial charge on any atom is 0.264 e. The van der Waals surface area contributed by atoms with Crippen LogP contribution in [0.5, 0.6) is 11.5 Å². The normalized spacial score (nSPS) is 19.3. The molecule has 0 bridgehead atoms. The third-order valence-corrected chi connectivity index (χ3v) is 7.54. The minimum absolute atomic E-state index is 0.0332. The first-order valence-electron chi connectivity index (χ1n) is 13.7. The summed E-state index contributed by atoms with van der Waals surface area (Å²) in [7, 11) is 0. The van der Waals surface area contributed by atoms with Crippen LogP contribution in [0.15, 0.2) is 66.5 Å². The van der Waals surface area contributed by atoms with Crippen molar-refractivity contribution in [3.63, 3.8) is 0 Å². The van der Waals surface area contributed by atoms with E-state index in [1.54, 1.807) is 39.9 Å². The minimum Gasteiger partial charge on any atom is -0.457 e. The second-order valence-corrected chi connectivity index (χ2v) is 10.2. The number of carbonyl (C=O) groups excluding carboxylic acids is 1. The van der Waals surface area contributed by atoms with Gasteiger partial charge in [0.15, 0.2) is 5.65 Å². The van der Waals surface area contributed by atoms with Gasteiger partial charge < -0.3 is 20.7 Å². The number of nitrogens with one attached hydrogen (secondary N) is 1. The van der Waals surface area contributed by atoms with E-state index in [1.807, 2.05) is 18.2 Å². The predicted molar refractivity (Wildman–Crippen MR) is 151 cm³/mol. The van der Waals surface area contributed by atoms with E-state index in [2.05, 4.69) is 21.4 Å². The number of carbonyl (C=O) groups is 1. The van der Waals surface area contributed by atoms with Crippen molar-refractivity contribution in [3.8, 4) is 28.8 Å². The molecule has 0 saturated carbocycles. The summed E-state index contributed by atoms with van der Waals surface area (Å²) in [4.78, 5) is 23.6. The van der Waals surface area contributed by atoms with Crippen molar-refractivity contribution in [2.75, 3.05) is 25.4 Å². The Kier molecular flexibility index (Phi) is 7.31. The SMILES string of the molecule is N#C/C(=C\C1CCCN1)C(=O)N1CCC[C@H](n2nc(-c3ccc(Oc4ccccc4)cc3F)c3c(N)ncnc32)C1. The van der Waals surface area contributed by atoms with Crippen LogP contribution in [-0.2, 0) is 4.79 Å². The van der Waals surface area contributed by atoms with Gasteiger partial charge in [-0.05, 0) is 62.6 Å². The average Bonchev–Trinajstić information content (AvgIpc) is 3.65. The lowest BCUT2D eigenvalue weighted by atomic mass is 10.0. The second-order valence-electron chi connectivity index (χ2n) is 10.2. The molecule has 2 atom stereocenters. The number of anilines is 1. The number of likely N-dealkylation sites (tertiary alicyclic amines) is 1. The van der Waals surface area contributed by atoms with E-state index < -0.39 is 5.82 Å². The van der Waals surface area contributed by atoms with Crippen LogP contribution in [0.3, 0.4) is 0 Å². The lowest BCUT2D eigenvalue weighted by Gasteiger charge is -2.33. The van der Waals surface area contributed by atoms with E-state index >= 15 is 4.39 Å². The zero-order valence-corrected chi connectivity index (χ0v) is 22.3. The van der Waals surface area contributed by atoms with Crippen molar-refractivity contribution in [1.29, 1.82) is 5.26 Å². The van der Waals surface area contributed by atoms with Crippen LogP contribution >= 0.6 is 0 Å². The standard InChI is InChI=1S/C30H29FN8O2/c31-25-15-23(41-22-8-2-1-3-9-22)10-11-24(25)27-26-28(33)35-18-36-29(26)39(37-27)21-7-5-13-38(17-21)30(40)19(16-32)14-20-6-4-12-34-20/h1-3,8-11,14-15,18,20-21,34H,4-7,12-13,17H2,(H2,33,35,36)/b19-14+/t20?,21-/m0/s1. The summed E-state index contributed by atoms with van der Waals surface area (Å²) in [6.07, 6.45) is 6.45. The first kappa shape index (κ1) is 26.4. The van der Waals surface area contributed by atoms with Crippen molar-refractivity contribution >= 4 is 22.8 Å². The van der Waals surface area contributed by atoms with Crippen molar-refractivity contribution in [2.24, 2.45) is 0 Å². The fourth-order valence-corrected chi connectivity index (χ4v) is 5.54. The number of para-hydroxylation sites is 1. The van der Waals surface area contributed by atoms with Gasteiger partial charge in [0.2, 0.25) is 0 Å². The molecule has 2 aliphatic rings. The number of nitrogens with zero attached hydrogens (tertiary/aromatic N) is 6. The van der Waals surface area contributed by atoms with Crippen molar-refractivity contribution in [3.05, 3.63) is 72.3 Å². The Morgan fingerprint density at radius 1 is 1.15 bits per heavy atom. The smallest absolute Gasteiger partial charge is 0.264 e. The fraction of sp³-hybridized carbons (Fsp3) is 0.300. The lowest BCUT2D eigenvalue weighted by molar-refractivity contribution is -0.128. The third-order valence-electron chi connectivity index (χ3n) is 7.54. The molecule has 2 aromatic carbocycles. The van der Waals surface area contributed by atoms with Crippen LogP contribution in [0.1, 0.15) is 31.7 Å². The number of halogens is 1. The summed E-state index contributed by atoms with van der Waals surface area (Å²) in [6.45, 7) is 1.75. The van der Waals surface area contributed by atoms with Crippen LogP contribution in [0, 0.1) is 17.1 Å². The van der Waals surface area contributed by atoms with Gasteiger partial charge in [0.1, 0.15) is 46.8 Å². The number of rotatable bonds is 6. The van der Waals surface area contributed by atoms with Crippen LogP contribution < -0.4 is 15.8 Å². The zero-order chi connectivity index (χ0) is 28.3. The number of nitrogen functional groups attached to an aromatic ring is 1. The average molecular weight is 553 g/mol. The Morgan fingerprint density at radius 3 is 2.76 bits per heavy atom. The van der Waals surface area contributed by atoms with Gasteiger partial charge in [0.05, 0.1) is 11.4 Å². The van der Waals surface area contributed by atoms with Crippen LogP contribution in [-0.4, -0.2) is 56.2 Å². The van der Waals surface area contributed by atoms with Gasteiger partial charge in [0.25, 0.3) is 5.91 Å². The van der Waals surface area contributed by atoms with Crippen LogP contribution in [0.25, 0.3) is 22.3 Å². The van der Waals surface area contributed by atoms with Crippen molar-refractivity contribution in [2.45, 2.75) is 37.8 Å². The van der Waals surface area contributed by atoms with Gasteiger partial charge in [-0.3, -0.25) is 4.79 Å². The number of benzene rings is 2. The highest BCUT2D eigenvalue weighted by molar-refractivity contribution is 5.99. The van der Waals surface area contributed by atoms with E-state index in [4.69, 9.17) is 15.6 Å². The van der Waals surface area contributed by atoms with Gasteiger partial charge in [-0.1, -0.05) is 18.2 Å². The van der Waals surface area contributed by atoms with Gasteiger partial charge in [-0.15, -0.1) is 0 Å². The number of nitrogens with two attached hydrogens (primary N) is 1. The number of amides is 1. The number of aromatic nitrogens is 4. The minimum atomic E-state index is -0.530. The molecule has 0 aliphatic carbocycles. The van der Waals surface area contributed by atoms with Crippen LogP contribution in [0.2, 0.25) is 0 Å². The molecule has 2 aromatic heterocycles. The maximum absolute atomic E-state index is 15.5. The summed E-state index contributed by atoms with van der Waals surface area (Å²) in [6, 6.07) is 15.6. The number of ether oxygens (including phenoxy) is 1. The molecule has 11 heteroatoms. The molecule has 1 unspecified atom stereocenters. The van der Waals surface area contributed by atoms with Gasteiger partial charge in [-0.2, -0.15) is 10.4 Å². The summed E-state index contributed by atoms with van der Waals surface area (Å²) in [5.74, 6) is 0.302. The van der Waals surface area contributed by atoms with E-state index in [0.29, 0.717) is 47.7 Å². The highest BCUT2D eigenvalue weighted by Crippen LogP contribution is 2.36. The van der Waals surface area contributed by atoms with E-state index in [-0.39, 0.29) is 34.9 Å². The molecule has 2 saturated heterocycles. The van der Waals surface area contributed by atoms with Crippen molar-refractivity contribution in [1.82, 2.24) is 30.0 Å². The summed E-state index contributed by atoms with van der Waals surface area (Å²) >= 11 is 0. The van der Waals surface area contributed by atoms with E-state index in [1.165, 1.54) is 12.4 Å². The van der Waals surface area contributed by atoms with E-state index in [0.717, 1.165) is 25.8 Å². The highest BCUT2D eigenvalue weighted by atomic mass is 19.1. The molecule has 41 heavy (non-hydrogen) atoms. The quantitative estimate of drug-likeness (QED) is 0.266. The Balaban J connectivity index is 1.31. The Bertz CT molecular complexity index is 1660. The molecular formula is C30H29FN8O2. The number of nitriles is 1. The summed E-state index contributed by atoms with van der Waals surface area (Å²) in [5, 5.41) is 18.2. The molecule has 0 radical (unpaired) electrons. The maximum atomic E-state index is 15.5. The summed E-state index contributed by atoms with van der Waals surface area (Å²) in [5.41, 5.74) is 7.42. The van der Waals surface area contributed by atoms with Gasteiger partial charge >= 0.3 is 0 Å². The first-order chi connectivity index (χ1) is 20.0.